The minimum Gasteiger partial charge on any atom is -0.496 e. The van der Waals surface area contributed by atoms with E-state index >= 15 is 0 Å². The number of urea groups is 1. The molecule has 0 bridgehead atoms. The number of nitrogens with one attached hydrogen (secondary N) is 1. The highest BCUT2D eigenvalue weighted by Gasteiger charge is 2.24. The van der Waals surface area contributed by atoms with E-state index < -0.39 is 0 Å². The molecule has 144 valence electrons. The third kappa shape index (κ3) is 4.90. The zero-order valence-corrected chi connectivity index (χ0v) is 16.5. The van der Waals surface area contributed by atoms with Gasteiger partial charge in [0.1, 0.15) is 5.75 Å². The van der Waals surface area contributed by atoms with Gasteiger partial charge in [0.2, 0.25) is 0 Å². The van der Waals surface area contributed by atoms with Crippen LogP contribution in [0.15, 0.2) is 18.2 Å². The number of ether oxygens (including phenoxy) is 1. The molecular weight excluding hydrogens is 330 g/mol. The average Bonchev–Trinajstić information content (AvgIpc) is 2.86. The first-order valence-electron chi connectivity index (χ1n) is 9.36. The molecule has 6 heteroatoms. The van der Waals surface area contributed by atoms with Crippen LogP contribution >= 0.6 is 0 Å². The van der Waals surface area contributed by atoms with Gasteiger partial charge in [-0.2, -0.15) is 0 Å². The SMILES string of the molecule is COc1ccc(C(=O)N2CCCN(C(=O)NC(C)C)CC2)cc1C(C)C. The predicted molar refractivity (Wildman–Crippen MR) is 103 cm³/mol. The molecule has 1 heterocycles. The Bertz CT molecular complexity index is 643. The normalized spacial score (nSPS) is 15.2. The van der Waals surface area contributed by atoms with Gasteiger partial charge in [-0.25, -0.2) is 4.79 Å². The molecule has 0 unspecified atom stereocenters. The van der Waals surface area contributed by atoms with Crippen LogP contribution in [0.2, 0.25) is 0 Å². The lowest BCUT2D eigenvalue weighted by Crippen LogP contribution is -2.44. The molecular formula is C20H31N3O3. The van der Waals surface area contributed by atoms with Crippen LogP contribution in [0.5, 0.6) is 5.75 Å². The van der Waals surface area contributed by atoms with Gasteiger partial charge in [-0.1, -0.05) is 13.8 Å². The van der Waals surface area contributed by atoms with Crippen molar-refractivity contribution in [2.24, 2.45) is 0 Å². The Labute approximate surface area is 156 Å². The van der Waals surface area contributed by atoms with Crippen LogP contribution < -0.4 is 10.1 Å². The molecule has 6 nitrogen and oxygen atoms in total. The molecule has 0 spiro atoms. The monoisotopic (exact) mass is 361 g/mol. The summed E-state index contributed by atoms with van der Waals surface area (Å²) in [6.45, 7) is 10.5. The fourth-order valence-corrected chi connectivity index (χ4v) is 3.16. The van der Waals surface area contributed by atoms with E-state index in [-0.39, 0.29) is 23.9 Å². The fraction of sp³-hybridized carbons (Fsp3) is 0.600. The number of nitrogens with zero attached hydrogens (tertiary/aromatic N) is 2. The zero-order chi connectivity index (χ0) is 19.3. The van der Waals surface area contributed by atoms with Crippen molar-refractivity contribution >= 4 is 11.9 Å². The number of amides is 3. The maximum Gasteiger partial charge on any atom is 0.317 e. The smallest absolute Gasteiger partial charge is 0.317 e. The van der Waals surface area contributed by atoms with Gasteiger partial charge in [-0.15, -0.1) is 0 Å². The zero-order valence-electron chi connectivity index (χ0n) is 16.5. The molecule has 1 aromatic rings. The summed E-state index contributed by atoms with van der Waals surface area (Å²) in [5.74, 6) is 1.10. The summed E-state index contributed by atoms with van der Waals surface area (Å²) >= 11 is 0. The molecule has 2 rings (SSSR count). The Morgan fingerprint density at radius 1 is 1.04 bits per heavy atom. The van der Waals surface area contributed by atoms with Crippen LogP contribution in [0.25, 0.3) is 0 Å². The van der Waals surface area contributed by atoms with Gasteiger partial charge in [0, 0.05) is 37.8 Å². The summed E-state index contributed by atoms with van der Waals surface area (Å²) in [5, 5.41) is 2.92. The van der Waals surface area contributed by atoms with E-state index in [1.807, 2.05) is 36.9 Å². The third-order valence-corrected chi connectivity index (χ3v) is 4.58. The molecule has 1 N–H and O–H groups in total. The van der Waals surface area contributed by atoms with Gasteiger partial charge >= 0.3 is 6.03 Å². The Morgan fingerprint density at radius 3 is 2.31 bits per heavy atom. The topological polar surface area (TPSA) is 61.9 Å². The van der Waals surface area contributed by atoms with Crippen LogP contribution in [-0.4, -0.2) is 61.1 Å². The van der Waals surface area contributed by atoms with Crippen LogP contribution in [0.4, 0.5) is 4.79 Å². The molecule has 1 aliphatic heterocycles. The molecule has 3 amide bonds. The minimum absolute atomic E-state index is 0.0145. The van der Waals surface area contributed by atoms with Crippen molar-refractivity contribution in [1.29, 1.82) is 0 Å². The predicted octanol–water partition coefficient (Wildman–Crippen LogP) is 3.08. The second-order valence-corrected chi connectivity index (χ2v) is 7.35. The van der Waals surface area contributed by atoms with E-state index in [1.165, 1.54) is 0 Å². The van der Waals surface area contributed by atoms with E-state index in [1.54, 1.807) is 12.0 Å². The Kier molecular flexibility index (Phi) is 6.89. The number of hydrogen-bond acceptors (Lipinski definition) is 3. The molecule has 26 heavy (non-hydrogen) atoms. The first-order chi connectivity index (χ1) is 12.3. The van der Waals surface area contributed by atoms with Crippen LogP contribution in [0, 0.1) is 0 Å². The number of benzene rings is 1. The fourth-order valence-electron chi connectivity index (χ4n) is 3.16. The highest BCUT2D eigenvalue weighted by molar-refractivity contribution is 5.94. The summed E-state index contributed by atoms with van der Waals surface area (Å²) < 4.78 is 5.40. The molecule has 1 aromatic carbocycles. The highest BCUT2D eigenvalue weighted by atomic mass is 16.5. The Hall–Kier alpha value is -2.24. The summed E-state index contributed by atoms with van der Waals surface area (Å²) in [4.78, 5) is 28.8. The van der Waals surface area contributed by atoms with Gasteiger partial charge in [-0.05, 0) is 49.9 Å². The van der Waals surface area contributed by atoms with Crippen molar-refractivity contribution in [3.63, 3.8) is 0 Å². The lowest BCUT2D eigenvalue weighted by molar-refractivity contribution is 0.0762. The molecule has 0 atom stereocenters. The molecule has 1 saturated heterocycles. The van der Waals surface area contributed by atoms with Crippen molar-refractivity contribution in [1.82, 2.24) is 15.1 Å². The number of hydrogen-bond donors (Lipinski definition) is 1. The second-order valence-electron chi connectivity index (χ2n) is 7.35. The average molecular weight is 361 g/mol. The quantitative estimate of drug-likeness (QED) is 0.896. The molecule has 1 fully saturated rings. The van der Waals surface area contributed by atoms with Gasteiger partial charge in [-0.3, -0.25) is 4.79 Å². The van der Waals surface area contributed by atoms with E-state index in [9.17, 15) is 9.59 Å². The molecule has 0 aromatic heterocycles. The first-order valence-corrected chi connectivity index (χ1v) is 9.36. The molecule has 0 radical (unpaired) electrons. The maximum atomic E-state index is 12.9. The number of methoxy groups -OCH3 is 1. The highest BCUT2D eigenvalue weighted by Crippen LogP contribution is 2.27. The molecule has 0 saturated carbocycles. The third-order valence-electron chi connectivity index (χ3n) is 4.58. The van der Waals surface area contributed by atoms with Crippen LogP contribution in [0.1, 0.15) is 56.0 Å². The van der Waals surface area contributed by atoms with Gasteiger partial charge in [0.05, 0.1) is 7.11 Å². The van der Waals surface area contributed by atoms with Crippen molar-refractivity contribution in [3.8, 4) is 5.75 Å². The molecule has 1 aliphatic rings. The Morgan fingerprint density at radius 2 is 1.69 bits per heavy atom. The van der Waals surface area contributed by atoms with E-state index in [2.05, 4.69) is 19.2 Å². The minimum atomic E-state index is -0.0548. The number of rotatable bonds is 4. The van der Waals surface area contributed by atoms with Crippen molar-refractivity contribution < 1.29 is 14.3 Å². The number of carbonyl (C=O) groups is 2. The van der Waals surface area contributed by atoms with E-state index in [4.69, 9.17) is 4.74 Å². The molecule has 0 aliphatic carbocycles. The largest absolute Gasteiger partial charge is 0.496 e. The van der Waals surface area contributed by atoms with Crippen LogP contribution in [-0.2, 0) is 0 Å². The van der Waals surface area contributed by atoms with E-state index in [0.29, 0.717) is 31.7 Å². The lowest BCUT2D eigenvalue weighted by atomic mass is 9.99. The summed E-state index contributed by atoms with van der Waals surface area (Å²) in [6.07, 6.45) is 0.782. The van der Waals surface area contributed by atoms with Crippen molar-refractivity contribution in [3.05, 3.63) is 29.3 Å². The summed E-state index contributed by atoms with van der Waals surface area (Å²) in [6, 6.07) is 5.67. The van der Waals surface area contributed by atoms with Crippen LogP contribution in [0.3, 0.4) is 0 Å². The van der Waals surface area contributed by atoms with E-state index in [0.717, 1.165) is 17.7 Å². The van der Waals surface area contributed by atoms with Gasteiger partial charge in [0.15, 0.2) is 0 Å². The van der Waals surface area contributed by atoms with Crippen molar-refractivity contribution in [2.75, 3.05) is 33.3 Å². The van der Waals surface area contributed by atoms with Gasteiger partial charge in [0.25, 0.3) is 5.91 Å². The van der Waals surface area contributed by atoms with Gasteiger partial charge < -0.3 is 19.9 Å². The standard InChI is InChI=1S/C20H31N3O3/c1-14(2)17-13-16(7-8-18(17)26-5)19(24)22-9-6-10-23(12-11-22)20(25)21-15(3)4/h7-8,13-15H,6,9-12H2,1-5H3,(H,21,25). The maximum absolute atomic E-state index is 12.9. The second kappa shape index (κ2) is 8.92. The summed E-state index contributed by atoms with van der Waals surface area (Å²) in [5.41, 5.74) is 1.71. The Balaban J connectivity index is 2.08. The first kappa shape index (κ1) is 20.1. The lowest BCUT2D eigenvalue weighted by Gasteiger charge is -2.24. The number of carbonyl (C=O) groups excluding carboxylic acids is 2. The van der Waals surface area contributed by atoms with Crippen molar-refractivity contribution in [2.45, 2.75) is 46.1 Å². The summed E-state index contributed by atoms with van der Waals surface area (Å²) in [7, 11) is 1.65.